The third-order valence-corrected chi connectivity index (χ3v) is 5.13. The second-order valence-corrected chi connectivity index (χ2v) is 7.43. The van der Waals surface area contributed by atoms with Crippen LogP contribution in [-0.4, -0.2) is 35.3 Å². The number of ether oxygens (including phenoxy) is 3. The van der Waals surface area contributed by atoms with Crippen molar-refractivity contribution in [2.75, 3.05) is 25.6 Å². The molecule has 0 aliphatic carbocycles. The second kappa shape index (κ2) is 9.13. The number of rotatable bonds is 8. The average Bonchev–Trinajstić information content (AvgIpc) is 3.29. The number of hydrogen-bond donors (Lipinski definition) is 1. The Hall–Kier alpha value is -4.17. The summed E-state index contributed by atoms with van der Waals surface area (Å²) in [5.74, 6) is 2.87. The summed E-state index contributed by atoms with van der Waals surface area (Å²) in [4.78, 5) is 12.9. The highest BCUT2D eigenvalue weighted by Crippen LogP contribution is 2.31. The van der Waals surface area contributed by atoms with Gasteiger partial charge in [0.25, 0.3) is 0 Å². The van der Waals surface area contributed by atoms with Gasteiger partial charge in [0.15, 0.2) is 12.0 Å². The summed E-state index contributed by atoms with van der Waals surface area (Å²) in [5, 5.41) is 4.25. The fraction of sp³-hybridized carbons (Fsp3) is 0.160. The van der Waals surface area contributed by atoms with E-state index in [1.54, 1.807) is 13.4 Å². The quantitative estimate of drug-likeness (QED) is 0.309. The highest BCUT2D eigenvalue weighted by Gasteiger charge is 2.09. The van der Waals surface area contributed by atoms with Crippen molar-refractivity contribution in [3.8, 4) is 17.2 Å². The maximum atomic E-state index is 6.06. The summed E-state index contributed by atoms with van der Waals surface area (Å²) in [7, 11) is 1.65. The molecule has 8 heteroatoms. The lowest BCUT2D eigenvalue weighted by Gasteiger charge is -2.13. The van der Waals surface area contributed by atoms with E-state index in [-0.39, 0.29) is 0 Å². The lowest BCUT2D eigenvalue weighted by molar-refractivity contribution is 0.146. The van der Waals surface area contributed by atoms with Crippen LogP contribution in [0.1, 0.15) is 5.56 Å². The molecule has 166 valence electrons. The maximum Gasteiger partial charge on any atom is 0.181 e. The van der Waals surface area contributed by atoms with Gasteiger partial charge in [0.1, 0.15) is 41.5 Å². The van der Waals surface area contributed by atoms with Crippen molar-refractivity contribution >= 4 is 33.5 Å². The SMILES string of the molecule is COCCOc1ccc2ncnc(Nc3ccc(Oc4ccc5ncoc5c4)c(C)c3)c2c1. The number of benzene rings is 3. The standard InChI is InChI=1S/C25H22N4O4/c1-16-11-17(3-8-23(16)33-19-5-7-22-24(13-19)32-15-28-22)29-25-20-12-18(31-10-9-30-2)4-6-21(20)26-14-27-25/h3-8,11-15H,9-10H2,1-2H3,(H,26,27,29). The van der Waals surface area contributed by atoms with Crippen LogP contribution in [0.15, 0.2) is 71.7 Å². The Balaban J connectivity index is 1.36. The van der Waals surface area contributed by atoms with Gasteiger partial charge in [0.2, 0.25) is 0 Å². The first-order valence-corrected chi connectivity index (χ1v) is 10.4. The molecule has 0 radical (unpaired) electrons. The molecule has 5 aromatic rings. The van der Waals surface area contributed by atoms with Crippen LogP contribution in [0.2, 0.25) is 0 Å². The maximum absolute atomic E-state index is 6.06. The Morgan fingerprint density at radius 3 is 2.64 bits per heavy atom. The highest BCUT2D eigenvalue weighted by atomic mass is 16.5. The third-order valence-electron chi connectivity index (χ3n) is 5.13. The first-order chi connectivity index (χ1) is 16.2. The molecule has 2 aromatic heterocycles. The first kappa shape index (κ1) is 20.7. The molecule has 0 aliphatic rings. The zero-order valence-electron chi connectivity index (χ0n) is 18.2. The fourth-order valence-corrected chi connectivity index (χ4v) is 3.47. The highest BCUT2D eigenvalue weighted by molar-refractivity contribution is 5.91. The van der Waals surface area contributed by atoms with Gasteiger partial charge in [0, 0.05) is 24.2 Å². The van der Waals surface area contributed by atoms with E-state index in [1.807, 2.05) is 61.5 Å². The monoisotopic (exact) mass is 442 g/mol. The zero-order valence-corrected chi connectivity index (χ0v) is 18.2. The molecular formula is C25H22N4O4. The summed E-state index contributed by atoms with van der Waals surface area (Å²) in [6.07, 6.45) is 2.96. The van der Waals surface area contributed by atoms with E-state index >= 15 is 0 Å². The molecule has 0 saturated heterocycles. The molecule has 0 atom stereocenters. The molecule has 0 spiro atoms. The smallest absolute Gasteiger partial charge is 0.181 e. The second-order valence-electron chi connectivity index (χ2n) is 7.43. The van der Waals surface area contributed by atoms with E-state index in [0.29, 0.717) is 30.4 Å². The van der Waals surface area contributed by atoms with Crippen LogP contribution in [0, 0.1) is 6.92 Å². The van der Waals surface area contributed by atoms with Crippen LogP contribution in [0.5, 0.6) is 17.2 Å². The number of aromatic nitrogens is 3. The Bertz CT molecular complexity index is 1420. The largest absolute Gasteiger partial charge is 0.491 e. The molecule has 1 N–H and O–H groups in total. The van der Waals surface area contributed by atoms with Gasteiger partial charge in [-0.1, -0.05) is 0 Å². The Morgan fingerprint density at radius 2 is 1.76 bits per heavy atom. The van der Waals surface area contributed by atoms with Crippen molar-refractivity contribution in [1.82, 2.24) is 15.0 Å². The van der Waals surface area contributed by atoms with Crippen LogP contribution in [0.25, 0.3) is 22.0 Å². The minimum Gasteiger partial charge on any atom is -0.491 e. The lowest BCUT2D eigenvalue weighted by Crippen LogP contribution is -2.04. The Morgan fingerprint density at radius 1 is 0.879 bits per heavy atom. The van der Waals surface area contributed by atoms with E-state index in [9.17, 15) is 0 Å². The van der Waals surface area contributed by atoms with Gasteiger partial charge < -0.3 is 23.9 Å². The molecule has 3 aromatic carbocycles. The number of aryl methyl sites for hydroxylation is 1. The zero-order chi connectivity index (χ0) is 22.6. The van der Waals surface area contributed by atoms with Crippen molar-refractivity contribution in [1.29, 1.82) is 0 Å². The van der Waals surface area contributed by atoms with E-state index < -0.39 is 0 Å². The van der Waals surface area contributed by atoms with Crippen molar-refractivity contribution in [2.24, 2.45) is 0 Å². The third kappa shape index (κ3) is 4.56. The number of nitrogens with zero attached hydrogens (tertiary/aromatic N) is 3. The molecule has 0 saturated carbocycles. The normalized spacial score (nSPS) is 11.1. The molecule has 0 bridgehead atoms. The molecule has 33 heavy (non-hydrogen) atoms. The molecule has 0 fully saturated rings. The van der Waals surface area contributed by atoms with Crippen molar-refractivity contribution in [3.05, 3.63) is 72.9 Å². The number of fused-ring (bicyclic) bond motifs is 2. The van der Waals surface area contributed by atoms with Gasteiger partial charge in [0.05, 0.1) is 12.1 Å². The van der Waals surface area contributed by atoms with Crippen molar-refractivity contribution in [2.45, 2.75) is 6.92 Å². The van der Waals surface area contributed by atoms with E-state index in [2.05, 4.69) is 20.3 Å². The molecule has 8 nitrogen and oxygen atoms in total. The van der Waals surface area contributed by atoms with Gasteiger partial charge >= 0.3 is 0 Å². The minimum atomic E-state index is 0.475. The van der Waals surface area contributed by atoms with Gasteiger partial charge in [-0.05, 0) is 61.0 Å². The van der Waals surface area contributed by atoms with E-state index in [4.69, 9.17) is 18.6 Å². The minimum absolute atomic E-state index is 0.475. The van der Waals surface area contributed by atoms with Crippen LogP contribution in [-0.2, 0) is 4.74 Å². The van der Waals surface area contributed by atoms with Crippen LogP contribution in [0.4, 0.5) is 11.5 Å². The summed E-state index contributed by atoms with van der Waals surface area (Å²) in [6, 6.07) is 17.2. The first-order valence-electron chi connectivity index (χ1n) is 10.4. The molecule has 0 amide bonds. The van der Waals surface area contributed by atoms with Crippen LogP contribution < -0.4 is 14.8 Å². The summed E-state index contributed by atoms with van der Waals surface area (Å²) in [5.41, 5.74) is 4.16. The Kier molecular flexibility index (Phi) is 5.73. The molecule has 2 heterocycles. The van der Waals surface area contributed by atoms with Gasteiger partial charge in [-0.25, -0.2) is 15.0 Å². The number of nitrogens with one attached hydrogen (secondary N) is 1. The fourth-order valence-electron chi connectivity index (χ4n) is 3.47. The van der Waals surface area contributed by atoms with Crippen molar-refractivity contribution in [3.63, 3.8) is 0 Å². The molecule has 5 rings (SSSR count). The number of hydrogen-bond acceptors (Lipinski definition) is 8. The summed E-state index contributed by atoms with van der Waals surface area (Å²) >= 11 is 0. The predicted molar refractivity (Wildman–Crippen MR) is 125 cm³/mol. The molecular weight excluding hydrogens is 420 g/mol. The van der Waals surface area contributed by atoms with Crippen LogP contribution in [0.3, 0.4) is 0 Å². The number of oxazole rings is 1. The summed E-state index contributed by atoms with van der Waals surface area (Å²) < 4.78 is 22.2. The summed E-state index contributed by atoms with van der Waals surface area (Å²) in [6.45, 7) is 2.99. The van der Waals surface area contributed by atoms with Gasteiger partial charge in [-0.3, -0.25) is 0 Å². The average molecular weight is 442 g/mol. The predicted octanol–water partition coefficient (Wildman–Crippen LogP) is 5.64. The Labute approximate surface area is 190 Å². The number of anilines is 2. The van der Waals surface area contributed by atoms with Gasteiger partial charge in [-0.2, -0.15) is 0 Å². The van der Waals surface area contributed by atoms with Crippen molar-refractivity contribution < 1.29 is 18.6 Å². The van der Waals surface area contributed by atoms with E-state index in [1.165, 1.54) is 6.39 Å². The molecule has 0 unspecified atom stereocenters. The topological polar surface area (TPSA) is 91.5 Å². The van der Waals surface area contributed by atoms with Crippen LogP contribution >= 0.6 is 0 Å². The lowest BCUT2D eigenvalue weighted by atomic mass is 10.2. The van der Waals surface area contributed by atoms with Gasteiger partial charge in [-0.15, -0.1) is 0 Å². The number of methoxy groups -OCH3 is 1. The van der Waals surface area contributed by atoms with E-state index in [0.717, 1.165) is 39.2 Å². The molecule has 0 aliphatic heterocycles.